The number of ether oxygens (including phenoxy) is 1. The van der Waals surface area contributed by atoms with Crippen molar-refractivity contribution in [3.8, 4) is 0 Å². The van der Waals surface area contributed by atoms with E-state index in [-0.39, 0.29) is 86.1 Å². The quantitative estimate of drug-likeness (QED) is 0.310. The number of fused-ring (bicyclic) bond motifs is 1. The fourth-order valence-electron chi connectivity index (χ4n) is 4.20. The predicted molar refractivity (Wildman–Crippen MR) is 72.5 cm³/mol. The van der Waals surface area contributed by atoms with Gasteiger partial charge in [-0.25, -0.2) is 4.79 Å². The number of aliphatic carboxylic acids is 1. The molecule has 0 aliphatic heterocycles. The Balaban J connectivity index is 0.00000220. The standard InChI is InChI=1S/C16H24O4.Cs/c1-10-6-5-7-12-15(10,3)9-8-11(2)16(12,4)20-14(19)13(17)18;/h11-12H,1,5-9H2,2-4H3,(H,17,18);/q;+1/p-1/t11-,12-,15+,16+;/m1./s1. The van der Waals surface area contributed by atoms with E-state index in [0.29, 0.717) is 0 Å². The third-order valence-corrected chi connectivity index (χ3v) is 5.79. The van der Waals surface area contributed by atoms with Gasteiger partial charge in [0.1, 0.15) is 5.60 Å². The molecule has 0 saturated heterocycles. The first-order chi connectivity index (χ1) is 9.21. The normalized spacial score (nSPS) is 38.9. The number of carbonyl (C=O) groups excluding carboxylic acids is 2. The van der Waals surface area contributed by atoms with E-state index in [2.05, 4.69) is 13.5 Å². The first kappa shape index (κ1) is 19.8. The molecule has 0 heterocycles. The van der Waals surface area contributed by atoms with Crippen molar-refractivity contribution in [2.75, 3.05) is 0 Å². The summed E-state index contributed by atoms with van der Waals surface area (Å²) in [6.07, 6.45) is 4.89. The van der Waals surface area contributed by atoms with Gasteiger partial charge in [0.2, 0.25) is 0 Å². The van der Waals surface area contributed by atoms with Gasteiger partial charge in [-0.15, -0.1) is 0 Å². The number of allylic oxidation sites excluding steroid dienone is 1. The van der Waals surface area contributed by atoms with Crippen LogP contribution in [-0.4, -0.2) is 17.5 Å². The first-order valence-electron chi connectivity index (χ1n) is 7.34. The maximum Gasteiger partial charge on any atom is 1.00 e. The van der Waals surface area contributed by atoms with Crippen LogP contribution in [0.5, 0.6) is 0 Å². The zero-order chi connectivity index (χ0) is 15.1. The van der Waals surface area contributed by atoms with Crippen LogP contribution in [0.4, 0.5) is 0 Å². The SMILES string of the molecule is C=C1CCC[C@H]2[C@@](C)(OC(=O)C(=O)[O-])[C@H](C)CC[C@@]12C.[Cs+]. The minimum Gasteiger partial charge on any atom is -0.539 e. The van der Waals surface area contributed by atoms with Crippen LogP contribution in [0.15, 0.2) is 12.2 Å². The van der Waals surface area contributed by atoms with Crippen molar-refractivity contribution < 1.29 is 88.3 Å². The average molecular weight is 412 g/mol. The van der Waals surface area contributed by atoms with Gasteiger partial charge >= 0.3 is 74.9 Å². The molecule has 0 aromatic rings. The molecule has 0 N–H and O–H groups in total. The molecule has 0 unspecified atom stereocenters. The Morgan fingerprint density at radius 1 is 1.33 bits per heavy atom. The monoisotopic (exact) mass is 412 g/mol. The molecule has 2 fully saturated rings. The van der Waals surface area contributed by atoms with Crippen molar-refractivity contribution in [1.29, 1.82) is 0 Å². The van der Waals surface area contributed by atoms with E-state index in [1.807, 2.05) is 13.8 Å². The number of carbonyl (C=O) groups is 2. The summed E-state index contributed by atoms with van der Waals surface area (Å²) >= 11 is 0. The van der Waals surface area contributed by atoms with Gasteiger partial charge in [0.05, 0.1) is 0 Å². The summed E-state index contributed by atoms with van der Waals surface area (Å²) in [6, 6.07) is 0. The summed E-state index contributed by atoms with van der Waals surface area (Å²) in [6.45, 7) is 10.3. The van der Waals surface area contributed by atoms with Gasteiger partial charge in [-0.3, -0.25) is 0 Å². The summed E-state index contributed by atoms with van der Waals surface area (Å²) in [5.74, 6) is -2.75. The number of carboxylic acids is 1. The zero-order valence-electron chi connectivity index (χ0n) is 13.5. The van der Waals surface area contributed by atoms with Crippen LogP contribution in [0, 0.1) is 17.3 Å². The van der Waals surface area contributed by atoms with Gasteiger partial charge in [-0.2, -0.15) is 0 Å². The van der Waals surface area contributed by atoms with Crippen LogP contribution in [0.25, 0.3) is 0 Å². The molecule has 0 aromatic carbocycles. The largest absolute Gasteiger partial charge is 1.00 e. The van der Waals surface area contributed by atoms with Crippen LogP contribution in [-0.2, 0) is 14.3 Å². The minimum atomic E-state index is -1.76. The molecular formula is C16H23CsO4. The van der Waals surface area contributed by atoms with E-state index < -0.39 is 17.5 Å². The smallest absolute Gasteiger partial charge is 0.539 e. The molecule has 2 aliphatic carbocycles. The molecule has 2 aliphatic rings. The summed E-state index contributed by atoms with van der Waals surface area (Å²) < 4.78 is 5.39. The number of carboxylic acid groups (broad SMARTS) is 1. The number of hydrogen-bond donors (Lipinski definition) is 0. The number of hydrogen-bond acceptors (Lipinski definition) is 4. The molecule has 2 rings (SSSR count). The van der Waals surface area contributed by atoms with E-state index in [1.54, 1.807) is 0 Å². The van der Waals surface area contributed by atoms with Gasteiger partial charge in [0, 0.05) is 5.92 Å². The van der Waals surface area contributed by atoms with Crippen molar-refractivity contribution >= 4 is 11.9 Å². The Hall–Kier alpha value is 0.732. The van der Waals surface area contributed by atoms with Gasteiger partial charge < -0.3 is 14.6 Å². The predicted octanol–water partition coefficient (Wildman–Crippen LogP) is -1.17. The fourth-order valence-corrected chi connectivity index (χ4v) is 4.20. The molecule has 112 valence electrons. The fraction of sp³-hybridized carbons (Fsp3) is 0.750. The average Bonchev–Trinajstić information content (AvgIpc) is 2.37. The summed E-state index contributed by atoms with van der Waals surface area (Å²) in [4.78, 5) is 22.2. The molecular weight excluding hydrogens is 389 g/mol. The molecule has 5 heteroatoms. The molecule has 0 bridgehead atoms. The van der Waals surface area contributed by atoms with E-state index in [1.165, 1.54) is 5.57 Å². The molecule has 0 radical (unpaired) electrons. The summed E-state index contributed by atoms with van der Waals surface area (Å²) in [7, 11) is 0. The van der Waals surface area contributed by atoms with Gasteiger partial charge in [-0.1, -0.05) is 26.0 Å². The van der Waals surface area contributed by atoms with Crippen LogP contribution >= 0.6 is 0 Å². The van der Waals surface area contributed by atoms with Crippen molar-refractivity contribution in [3.05, 3.63) is 12.2 Å². The molecule has 21 heavy (non-hydrogen) atoms. The molecule has 2 saturated carbocycles. The van der Waals surface area contributed by atoms with Crippen LogP contribution in [0.2, 0.25) is 0 Å². The topological polar surface area (TPSA) is 66.4 Å². The van der Waals surface area contributed by atoms with Crippen molar-refractivity contribution in [3.63, 3.8) is 0 Å². The summed E-state index contributed by atoms with van der Waals surface area (Å²) in [5.41, 5.74) is 0.385. The van der Waals surface area contributed by atoms with Gasteiger partial charge in [0.15, 0.2) is 5.97 Å². The Bertz CT molecular complexity index is 461. The van der Waals surface area contributed by atoms with E-state index in [4.69, 9.17) is 4.74 Å². The molecule has 0 aromatic heterocycles. The van der Waals surface area contributed by atoms with Crippen LogP contribution in [0.1, 0.15) is 52.9 Å². The second-order valence-corrected chi connectivity index (χ2v) is 6.77. The number of esters is 1. The third kappa shape index (κ3) is 3.48. The second-order valence-electron chi connectivity index (χ2n) is 6.77. The van der Waals surface area contributed by atoms with E-state index in [0.717, 1.165) is 32.1 Å². The summed E-state index contributed by atoms with van der Waals surface area (Å²) in [5, 5.41) is 10.7. The Morgan fingerprint density at radius 3 is 2.52 bits per heavy atom. The van der Waals surface area contributed by atoms with Crippen LogP contribution < -0.4 is 74.0 Å². The third-order valence-electron chi connectivity index (χ3n) is 5.79. The zero-order valence-corrected chi connectivity index (χ0v) is 19.8. The Kier molecular flexibility index (Phi) is 6.68. The van der Waals surface area contributed by atoms with Crippen molar-refractivity contribution in [2.45, 2.75) is 58.5 Å². The van der Waals surface area contributed by atoms with Gasteiger partial charge in [0.25, 0.3) is 0 Å². The Labute approximate surface area is 185 Å². The molecule has 0 amide bonds. The first-order valence-corrected chi connectivity index (χ1v) is 7.34. The van der Waals surface area contributed by atoms with E-state index >= 15 is 0 Å². The maximum absolute atomic E-state index is 11.5. The molecule has 4 nitrogen and oxygen atoms in total. The van der Waals surface area contributed by atoms with Crippen LogP contribution in [0.3, 0.4) is 0 Å². The van der Waals surface area contributed by atoms with Crippen molar-refractivity contribution in [2.24, 2.45) is 17.3 Å². The Morgan fingerprint density at radius 2 is 1.95 bits per heavy atom. The second kappa shape index (κ2) is 7.09. The molecule has 4 atom stereocenters. The minimum absolute atomic E-state index is 0. The maximum atomic E-state index is 11.5. The molecule has 0 spiro atoms. The number of rotatable bonds is 1. The van der Waals surface area contributed by atoms with E-state index in [9.17, 15) is 14.7 Å². The van der Waals surface area contributed by atoms with Crippen molar-refractivity contribution in [1.82, 2.24) is 0 Å². The van der Waals surface area contributed by atoms with Gasteiger partial charge in [-0.05, 0) is 50.4 Å².